The molecule has 0 fully saturated rings. The summed E-state index contributed by atoms with van der Waals surface area (Å²) in [4.78, 5) is 11.7. The molecule has 0 spiro atoms. The van der Waals surface area contributed by atoms with E-state index in [2.05, 4.69) is 5.32 Å². The van der Waals surface area contributed by atoms with E-state index in [0.29, 0.717) is 0 Å². The van der Waals surface area contributed by atoms with Crippen molar-refractivity contribution in [2.24, 2.45) is 5.14 Å². The molecule has 5 nitrogen and oxygen atoms in total. The van der Waals surface area contributed by atoms with Gasteiger partial charge in [0.15, 0.2) is 0 Å². The number of carbonyl (C=O) groups excluding carboxylic acids is 1. The van der Waals surface area contributed by atoms with E-state index in [4.69, 9.17) is 28.3 Å². The normalized spacial score (nSPS) is 13.1. The van der Waals surface area contributed by atoms with Gasteiger partial charge < -0.3 is 5.32 Å². The summed E-state index contributed by atoms with van der Waals surface area (Å²) in [6.07, 6.45) is 1.74. The number of rotatable bonds is 5. The highest BCUT2D eigenvalue weighted by molar-refractivity contribution is 7.89. The molecule has 1 aromatic rings. The van der Waals surface area contributed by atoms with Crippen molar-refractivity contribution in [2.75, 3.05) is 0 Å². The lowest BCUT2D eigenvalue weighted by Gasteiger charge is -2.14. The van der Waals surface area contributed by atoms with Crippen molar-refractivity contribution in [2.45, 2.75) is 37.6 Å². The second-order valence-corrected chi connectivity index (χ2v) is 6.79. The summed E-state index contributed by atoms with van der Waals surface area (Å²) in [7, 11) is -4.05. The minimum absolute atomic E-state index is 0.0279. The molecule has 8 heteroatoms. The van der Waals surface area contributed by atoms with Crippen LogP contribution in [0.15, 0.2) is 17.0 Å². The number of nitrogens with two attached hydrogens (primary N) is 1. The van der Waals surface area contributed by atoms with Crippen molar-refractivity contribution in [3.63, 3.8) is 0 Å². The minimum Gasteiger partial charge on any atom is -0.350 e. The maximum atomic E-state index is 12.0. The highest BCUT2D eigenvalue weighted by Gasteiger charge is 2.20. The topological polar surface area (TPSA) is 89.3 Å². The molecule has 0 saturated heterocycles. The Morgan fingerprint density at radius 3 is 2.50 bits per heavy atom. The van der Waals surface area contributed by atoms with Crippen LogP contribution in [0.25, 0.3) is 0 Å². The van der Waals surface area contributed by atoms with Crippen LogP contribution in [0.1, 0.15) is 37.0 Å². The van der Waals surface area contributed by atoms with Crippen LogP contribution in [0.2, 0.25) is 10.0 Å². The zero-order valence-corrected chi connectivity index (χ0v) is 13.4. The highest BCUT2D eigenvalue weighted by Crippen LogP contribution is 2.30. The fourth-order valence-electron chi connectivity index (χ4n) is 1.71. The first kappa shape index (κ1) is 17.2. The molecule has 1 aromatic carbocycles. The lowest BCUT2D eigenvalue weighted by molar-refractivity contribution is 0.0938. The predicted molar refractivity (Wildman–Crippen MR) is 79.7 cm³/mol. The number of primary sulfonamides is 1. The molecule has 0 saturated carbocycles. The van der Waals surface area contributed by atoms with Gasteiger partial charge in [0.25, 0.3) is 5.91 Å². The summed E-state index contributed by atoms with van der Waals surface area (Å²) in [6, 6.07) is 2.41. The molecule has 1 amide bonds. The van der Waals surface area contributed by atoms with Gasteiger partial charge >= 0.3 is 0 Å². The Morgan fingerprint density at radius 2 is 2.00 bits per heavy atom. The molecule has 1 rings (SSSR count). The van der Waals surface area contributed by atoms with E-state index in [1.807, 2.05) is 13.8 Å². The number of nitrogens with one attached hydrogen (secondary N) is 1. The van der Waals surface area contributed by atoms with E-state index in [-0.39, 0.29) is 26.5 Å². The Bertz CT molecular complexity index is 617. The van der Waals surface area contributed by atoms with Crippen LogP contribution in [0.3, 0.4) is 0 Å². The fourth-order valence-corrected chi connectivity index (χ4v) is 3.07. The van der Waals surface area contributed by atoms with Gasteiger partial charge in [-0.3, -0.25) is 4.79 Å². The molecule has 112 valence electrons. The molecular formula is C12H16Cl2N2O3S. The lowest BCUT2D eigenvalue weighted by Crippen LogP contribution is -2.32. The monoisotopic (exact) mass is 338 g/mol. The Kier molecular flexibility index (Phi) is 5.82. The number of hydrogen-bond donors (Lipinski definition) is 2. The summed E-state index contributed by atoms with van der Waals surface area (Å²) < 4.78 is 22.8. The van der Waals surface area contributed by atoms with Crippen molar-refractivity contribution >= 4 is 39.1 Å². The van der Waals surface area contributed by atoms with Crippen LogP contribution >= 0.6 is 23.2 Å². The molecule has 0 aliphatic carbocycles. The summed E-state index contributed by atoms with van der Waals surface area (Å²) in [6.45, 7) is 3.86. The molecule has 1 atom stereocenters. The molecule has 0 bridgehead atoms. The summed E-state index contributed by atoms with van der Waals surface area (Å²) >= 11 is 11.6. The van der Waals surface area contributed by atoms with Crippen molar-refractivity contribution in [3.8, 4) is 0 Å². The number of sulfonamides is 1. The van der Waals surface area contributed by atoms with Gasteiger partial charge in [-0.05, 0) is 25.5 Å². The summed E-state index contributed by atoms with van der Waals surface area (Å²) in [5.41, 5.74) is 0.103. The second-order valence-electron chi connectivity index (χ2n) is 4.48. The third-order valence-corrected chi connectivity index (χ3v) is 4.51. The van der Waals surface area contributed by atoms with E-state index < -0.39 is 15.9 Å². The molecular weight excluding hydrogens is 323 g/mol. The van der Waals surface area contributed by atoms with Crippen LogP contribution in [0.5, 0.6) is 0 Å². The zero-order chi connectivity index (χ0) is 15.5. The van der Waals surface area contributed by atoms with Gasteiger partial charge in [0.05, 0.1) is 10.0 Å². The van der Waals surface area contributed by atoms with Crippen LogP contribution in [0, 0.1) is 0 Å². The molecule has 0 aromatic heterocycles. The van der Waals surface area contributed by atoms with Crippen LogP contribution < -0.4 is 10.5 Å². The molecule has 0 radical (unpaired) electrons. The largest absolute Gasteiger partial charge is 0.350 e. The van der Waals surface area contributed by atoms with Gasteiger partial charge in [0.1, 0.15) is 4.90 Å². The predicted octanol–water partition coefficient (Wildman–Crippen LogP) is 2.56. The number of benzene rings is 1. The van der Waals surface area contributed by atoms with Gasteiger partial charge in [-0.25, -0.2) is 13.6 Å². The third-order valence-electron chi connectivity index (χ3n) is 2.66. The Labute approximate surface area is 128 Å². The SMILES string of the molecule is CCCC(C)NC(=O)c1cc(Cl)c(Cl)c(S(N)(=O)=O)c1. The van der Waals surface area contributed by atoms with E-state index in [9.17, 15) is 13.2 Å². The smallest absolute Gasteiger partial charge is 0.251 e. The van der Waals surface area contributed by atoms with Gasteiger partial charge in [-0.15, -0.1) is 0 Å². The van der Waals surface area contributed by atoms with Gasteiger partial charge in [0.2, 0.25) is 10.0 Å². The van der Waals surface area contributed by atoms with Crippen LogP contribution in [0.4, 0.5) is 0 Å². The van der Waals surface area contributed by atoms with Gasteiger partial charge in [0, 0.05) is 11.6 Å². The minimum atomic E-state index is -4.05. The number of carbonyl (C=O) groups is 1. The molecule has 1 unspecified atom stereocenters. The first-order chi connectivity index (χ1) is 9.16. The Hall–Kier alpha value is -0.820. The van der Waals surface area contributed by atoms with Crippen molar-refractivity contribution in [1.82, 2.24) is 5.32 Å². The fraction of sp³-hybridized carbons (Fsp3) is 0.417. The van der Waals surface area contributed by atoms with E-state index in [1.54, 1.807) is 0 Å². The Balaban J connectivity index is 3.15. The van der Waals surface area contributed by atoms with Crippen LogP contribution in [-0.4, -0.2) is 20.4 Å². The molecule has 20 heavy (non-hydrogen) atoms. The summed E-state index contributed by atoms with van der Waals surface area (Å²) in [5, 5.41) is 7.56. The quantitative estimate of drug-likeness (QED) is 0.864. The van der Waals surface area contributed by atoms with Crippen molar-refractivity contribution < 1.29 is 13.2 Å². The molecule has 0 aliphatic heterocycles. The first-order valence-electron chi connectivity index (χ1n) is 5.99. The standard InChI is InChI=1S/C12H16Cl2N2O3S/c1-3-4-7(2)16-12(17)8-5-9(13)11(14)10(6-8)20(15,18)19/h5-7H,3-4H2,1-2H3,(H,16,17)(H2,15,18,19). The number of amides is 1. The average Bonchev–Trinajstić information content (AvgIpc) is 2.30. The zero-order valence-electron chi connectivity index (χ0n) is 11.1. The lowest BCUT2D eigenvalue weighted by atomic mass is 10.1. The number of halogens is 2. The van der Waals surface area contributed by atoms with E-state index in [0.717, 1.165) is 18.9 Å². The number of hydrogen-bond acceptors (Lipinski definition) is 3. The van der Waals surface area contributed by atoms with Gasteiger partial charge in [-0.1, -0.05) is 36.5 Å². The van der Waals surface area contributed by atoms with Crippen molar-refractivity contribution in [1.29, 1.82) is 0 Å². The Morgan fingerprint density at radius 1 is 1.40 bits per heavy atom. The van der Waals surface area contributed by atoms with Crippen LogP contribution in [-0.2, 0) is 10.0 Å². The maximum Gasteiger partial charge on any atom is 0.251 e. The van der Waals surface area contributed by atoms with E-state index in [1.165, 1.54) is 6.07 Å². The third kappa shape index (κ3) is 4.34. The molecule has 0 heterocycles. The molecule has 3 N–H and O–H groups in total. The average molecular weight is 339 g/mol. The second kappa shape index (κ2) is 6.76. The first-order valence-corrected chi connectivity index (χ1v) is 8.29. The summed E-state index contributed by atoms with van der Waals surface area (Å²) in [5.74, 6) is -0.422. The van der Waals surface area contributed by atoms with Gasteiger partial charge in [-0.2, -0.15) is 0 Å². The maximum absolute atomic E-state index is 12.0. The molecule has 0 aliphatic rings. The highest BCUT2D eigenvalue weighted by atomic mass is 35.5. The van der Waals surface area contributed by atoms with E-state index >= 15 is 0 Å². The van der Waals surface area contributed by atoms with Crippen molar-refractivity contribution in [3.05, 3.63) is 27.7 Å².